The molecule has 0 aliphatic carbocycles. The molecule has 0 unspecified atom stereocenters. The third kappa shape index (κ3) is 1.41. The van der Waals surface area contributed by atoms with Crippen LogP contribution in [0.1, 0.15) is 23.2 Å². The summed E-state index contributed by atoms with van der Waals surface area (Å²) in [5.74, 6) is 1.26. The van der Waals surface area contributed by atoms with Crippen LogP contribution in [0.15, 0.2) is 17.0 Å². The fourth-order valence-electron chi connectivity index (χ4n) is 3.37. The summed E-state index contributed by atoms with van der Waals surface area (Å²) in [7, 11) is 0. The Labute approximate surface area is 112 Å². The van der Waals surface area contributed by atoms with Crippen LogP contribution in [-0.2, 0) is 19.5 Å². The van der Waals surface area contributed by atoms with Gasteiger partial charge in [-0.25, -0.2) is 0 Å². The summed E-state index contributed by atoms with van der Waals surface area (Å²) in [6.45, 7) is 5.63. The molecule has 0 spiro atoms. The van der Waals surface area contributed by atoms with Crippen LogP contribution in [0.2, 0.25) is 0 Å². The van der Waals surface area contributed by atoms with Crippen LogP contribution in [-0.4, -0.2) is 16.9 Å². The number of rotatable bonds is 0. The number of aromatic nitrogens is 1. The smallest absolute Gasteiger partial charge is 0.0626 e. The fourth-order valence-corrected chi connectivity index (χ4v) is 4.50. The highest BCUT2D eigenvalue weighted by molar-refractivity contribution is 7.99. The molecule has 2 aromatic rings. The lowest BCUT2D eigenvalue weighted by Crippen LogP contribution is -2.24. The molecule has 2 aliphatic rings. The van der Waals surface area contributed by atoms with Crippen LogP contribution >= 0.6 is 11.8 Å². The Morgan fingerprint density at radius 1 is 1.33 bits per heavy atom. The van der Waals surface area contributed by atoms with Crippen LogP contribution in [0.4, 0.5) is 0 Å². The van der Waals surface area contributed by atoms with Crippen molar-refractivity contribution in [2.24, 2.45) is 0 Å². The van der Waals surface area contributed by atoms with E-state index >= 15 is 0 Å². The van der Waals surface area contributed by atoms with Crippen molar-refractivity contribution < 1.29 is 0 Å². The summed E-state index contributed by atoms with van der Waals surface area (Å²) in [4.78, 5) is 1.53. The molecule has 94 valence electrons. The highest BCUT2D eigenvalue weighted by Crippen LogP contribution is 2.39. The van der Waals surface area contributed by atoms with E-state index in [1.807, 2.05) is 0 Å². The largest absolute Gasteiger partial charge is 0.343 e. The summed E-state index contributed by atoms with van der Waals surface area (Å²) >= 11 is 2.05. The Balaban J connectivity index is 2.13. The molecule has 1 N–H and O–H groups in total. The van der Waals surface area contributed by atoms with E-state index < -0.39 is 0 Å². The van der Waals surface area contributed by atoms with E-state index in [0.717, 1.165) is 13.1 Å². The number of hydrogen-bond donors (Lipinski definition) is 1. The van der Waals surface area contributed by atoms with Gasteiger partial charge in [-0.1, -0.05) is 12.1 Å². The van der Waals surface area contributed by atoms with Gasteiger partial charge in [0.1, 0.15) is 0 Å². The molecule has 4 rings (SSSR count). The molecule has 2 nitrogen and oxygen atoms in total. The van der Waals surface area contributed by atoms with E-state index in [1.54, 1.807) is 11.3 Å². The molecule has 1 aromatic carbocycles. The average Bonchev–Trinajstić information content (AvgIpc) is 2.57. The number of fused-ring (bicyclic) bond motifs is 3. The second-order valence-electron chi connectivity index (χ2n) is 5.31. The molecular weight excluding hydrogens is 240 g/mol. The average molecular weight is 258 g/mol. The Morgan fingerprint density at radius 2 is 2.28 bits per heavy atom. The molecule has 0 amide bonds. The molecule has 0 saturated heterocycles. The summed E-state index contributed by atoms with van der Waals surface area (Å²) < 4.78 is 2.62. The van der Waals surface area contributed by atoms with Crippen molar-refractivity contribution in [2.45, 2.75) is 37.8 Å². The van der Waals surface area contributed by atoms with Crippen LogP contribution in [0.3, 0.4) is 0 Å². The van der Waals surface area contributed by atoms with Crippen LogP contribution in [0.25, 0.3) is 10.9 Å². The van der Waals surface area contributed by atoms with Crippen molar-refractivity contribution in [2.75, 3.05) is 12.3 Å². The highest BCUT2D eigenvalue weighted by atomic mass is 32.2. The topological polar surface area (TPSA) is 17.0 Å². The lowest BCUT2D eigenvalue weighted by Gasteiger charge is -2.16. The molecule has 3 heterocycles. The standard InChI is InChI=1S/C15H18N2S/c1-10-3-4-11-12-9-16-6-5-13(12)17-7-2-8-18-15(10)14(11)17/h3-4,16H,2,5-9H2,1H3. The van der Waals surface area contributed by atoms with Crippen LogP contribution < -0.4 is 5.32 Å². The van der Waals surface area contributed by atoms with Crippen molar-refractivity contribution in [3.63, 3.8) is 0 Å². The predicted molar refractivity (Wildman–Crippen MR) is 77.4 cm³/mol. The zero-order valence-corrected chi connectivity index (χ0v) is 11.6. The fraction of sp³-hybridized carbons (Fsp3) is 0.467. The second-order valence-corrected chi connectivity index (χ2v) is 6.42. The van der Waals surface area contributed by atoms with Crippen LogP contribution in [0.5, 0.6) is 0 Å². The summed E-state index contributed by atoms with van der Waals surface area (Å²) in [5.41, 5.74) is 6.11. The molecule has 0 radical (unpaired) electrons. The van der Waals surface area contributed by atoms with E-state index in [4.69, 9.17) is 0 Å². The monoisotopic (exact) mass is 258 g/mol. The molecule has 3 heteroatoms. The SMILES string of the molecule is Cc1ccc2c3c(n4c2c1SCCC4)CCNC3. The first-order valence-electron chi connectivity index (χ1n) is 6.83. The minimum atomic E-state index is 1.05. The van der Waals surface area contributed by atoms with Gasteiger partial charge in [0.25, 0.3) is 0 Å². The lowest BCUT2D eigenvalue weighted by molar-refractivity contribution is 0.592. The maximum Gasteiger partial charge on any atom is 0.0626 e. The summed E-state index contributed by atoms with van der Waals surface area (Å²) in [6, 6.07) is 4.64. The minimum absolute atomic E-state index is 1.05. The molecule has 2 aliphatic heterocycles. The Hall–Kier alpha value is -0.930. The first kappa shape index (κ1) is 10.9. The zero-order chi connectivity index (χ0) is 12.1. The Morgan fingerprint density at radius 3 is 3.22 bits per heavy atom. The number of benzene rings is 1. The number of nitrogens with one attached hydrogen (secondary N) is 1. The predicted octanol–water partition coefficient (Wildman–Crippen LogP) is 3.09. The van der Waals surface area contributed by atoms with E-state index in [-0.39, 0.29) is 0 Å². The molecule has 0 saturated carbocycles. The van der Waals surface area contributed by atoms with Crippen molar-refractivity contribution in [1.82, 2.24) is 9.88 Å². The van der Waals surface area contributed by atoms with Gasteiger partial charge in [-0.3, -0.25) is 0 Å². The second kappa shape index (κ2) is 4.04. The number of nitrogens with zero attached hydrogens (tertiary/aromatic N) is 1. The van der Waals surface area contributed by atoms with Gasteiger partial charge in [0.05, 0.1) is 5.52 Å². The molecule has 0 atom stereocenters. The van der Waals surface area contributed by atoms with Crippen molar-refractivity contribution >= 4 is 22.7 Å². The number of aryl methyl sites for hydroxylation is 2. The molecular formula is C15H18N2S. The van der Waals surface area contributed by atoms with E-state index in [9.17, 15) is 0 Å². The molecule has 18 heavy (non-hydrogen) atoms. The van der Waals surface area contributed by atoms with E-state index in [2.05, 4.69) is 40.7 Å². The van der Waals surface area contributed by atoms with E-state index in [0.29, 0.717) is 0 Å². The number of hydrogen-bond acceptors (Lipinski definition) is 2. The Kier molecular flexibility index (Phi) is 2.45. The van der Waals surface area contributed by atoms with Gasteiger partial charge < -0.3 is 9.88 Å². The zero-order valence-electron chi connectivity index (χ0n) is 10.8. The first-order chi connectivity index (χ1) is 8.86. The van der Waals surface area contributed by atoms with Crippen molar-refractivity contribution in [1.29, 1.82) is 0 Å². The van der Waals surface area contributed by atoms with Crippen molar-refractivity contribution in [3.8, 4) is 0 Å². The minimum Gasteiger partial charge on any atom is -0.343 e. The maximum atomic E-state index is 3.52. The Bertz CT molecular complexity index is 627. The van der Waals surface area contributed by atoms with Crippen LogP contribution in [0, 0.1) is 6.92 Å². The van der Waals surface area contributed by atoms with Gasteiger partial charge >= 0.3 is 0 Å². The van der Waals surface area contributed by atoms with Crippen molar-refractivity contribution in [3.05, 3.63) is 29.0 Å². The number of thioether (sulfide) groups is 1. The molecule has 0 bridgehead atoms. The third-order valence-electron chi connectivity index (χ3n) is 4.21. The van der Waals surface area contributed by atoms with E-state index in [1.165, 1.54) is 46.5 Å². The van der Waals surface area contributed by atoms with Gasteiger partial charge in [0, 0.05) is 42.0 Å². The summed E-state index contributed by atoms with van der Waals surface area (Å²) in [6.07, 6.45) is 2.48. The lowest BCUT2D eigenvalue weighted by atomic mass is 10.1. The molecule has 0 fully saturated rings. The van der Waals surface area contributed by atoms with Gasteiger partial charge in [0.15, 0.2) is 0 Å². The van der Waals surface area contributed by atoms with Gasteiger partial charge in [0.2, 0.25) is 0 Å². The third-order valence-corrected chi connectivity index (χ3v) is 5.51. The van der Waals surface area contributed by atoms with Gasteiger partial charge in [-0.2, -0.15) is 0 Å². The normalized spacial score (nSPS) is 18.7. The quantitative estimate of drug-likeness (QED) is 0.782. The maximum absolute atomic E-state index is 3.52. The van der Waals surface area contributed by atoms with Gasteiger partial charge in [-0.05, 0) is 30.2 Å². The first-order valence-corrected chi connectivity index (χ1v) is 7.82. The summed E-state index contributed by atoms with van der Waals surface area (Å²) in [5, 5.41) is 5.01. The van der Waals surface area contributed by atoms with Gasteiger partial charge in [-0.15, -0.1) is 11.8 Å². The highest BCUT2D eigenvalue weighted by Gasteiger charge is 2.23. The molecule has 1 aromatic heterocycles.